The number of hydrogen-bond donors (Lipinski definition) is 2. The maximum atomic E-state index is 7.88. The lowest BCUT2D eigenvalue weighted by atomic mass is 10.5. The fourth-order valence-corrected chi connectivity index (χ4v) is 0.241. The maximum Gasteiger partial charge on any atom is 0.0250 e. The van der Waals surface area contributed by atoms with Crippen LogP contribution in [0.4, 0.5) is 0 Å². The topological polar surface area (TPSA) is 32.3 Å². The van der Waals surface area contributed by atoms with Gasteiger partial charge in [-0.25, -0.2) is 5.48 Å². The molecular formula is C3H7NOS. The monoisotopic (exact) mass is 105 g/mol. The van der Waals surface area contributed by atoms with Gasteiger partial charge in [0.15, 0.2) is 0 Å². The lowest BCUT2D eigenvalue weighted by Gasteiger charge is -1.84. The molecule has 0 amide bonds. The third kappa shape index (κ3) is 4.01. The number of hydroxylamine groups is 1. The third-order valence-corrected chi connectivity index (χ3v) is 0.610. The first kappa shape index (κ1) is 6.01. The molecule has 0 rings (SSSR count). The van der Waals surface area contributed by atoms with Crippen molar-refractivity contribution >= 4 is 17.6 Å². The molecule has 2 nitrogen and oxygen atoms in total. The molecule has 0 aliphatic carbocycles. The number of nitrogens with one attached hydrogen (secondary N) is 1. The van der Waals surface area contributed by atoms with E-state index in [0.29, 0.717) is 6.54 Å². The Bertz CT molecular complexity index is 39.8. The molecule has 0 aromatic rings. The van der Waals surface area contributed by atoms with Gasteiger partial charge in [0.25, 0.3) is 0 Å². The molecule has 0 aliphatic heterocycles. The summed E-state index contributed by atoms with van der Waals surface area (Å²) in [7, 11) is 0. The summed E-state index contributed by atoms with van der Waals surface area (Å²) >= 11 is 4.44. The lowest BCUT2D eigenvalue weighted by Crippen LogP contribution is -2.07. The highest BCUT2D eigenvalue weighted by atomic mass is 32.1. The van der Waals surface area contributed by atoms with E-state index < -0.39 is 0 Å². The zero-order chi connectivity index (χ0) is 4.83. The summed E-state index contributed by atoms with van der Waals surface area (Å²) in [6.45, 7) is 0.559. The van der Waals surface area contributed by atoms with Crippen LogP contribution in [-0.2, 0) is 0 Å². The third-order valence-electron chi connectivity index (χ3n) is 0.374. The summed E-state index contributed by atoms with van der Waals surface area (Å²) < 4.78 is 0. The van der Waals surface area contributed by atoms with E-state index in [1.807, 2.05) is 5.48 Å². The second kappa shape index (κ2) is 5.01. The Kier molecular flexibility index (Phi) is 5.02. The van der Waals surface area contributed by atoms with Gasteiger partial charge in [0.2, 0.25) is 0 Å². The van der Waals surface area contributed by atoms with E-state index in [2.05, 4.69) is 12.2 Å². The van der Waals surface area contributed by atoms with Crippen molar-refractivity contribution in [3.63, 3.8) is 0 Å². The van der Waals surface area contributed by atoms with Crippen LogP contribution in [0.25, 0.3) is 0 Å². The minimum absolute atomic E-state index is 0.559. The Labute approximate surface area is 42.1 Å². The predicted octanol–water partition coefficient (Wildman–Crippen LogP) is 0.355. The van der Waals surface area contributed by atoms with Gasteiger partial charge in [0.05, 0.1) is 0 Å². The minimum Gasteiger partial charge on any atom is -0.317 e. The molecule has 0 saturated carbocycles. The molecule has 0 heterocycles. The Morgan fingerprint density at radius 2 is 2.50 bits per heavy atom. The minimum atomic E-state index is 0.559. The first-order valence-corrected chi connectivity index (χ1v) is 2.19. The molecule has 2 N–H and O–H groups in total. The van der Waals surface area contributed by atoms with Crippen LogP contribution in [0.1, 0.15) is 6.42 Å². The number of thiocarbonyl (C=S) groups is 1. The summed E-state index contributed by atoms with van der Waals surface area (Å²) in [6.07, 6.45) is 0.742. The quantitative estimate of drug-likeness (QED) is 0.309. The van der Waals surface area contributed by atoms with Crippen LogP contribution in [0.5, 0.6) is 0 Å². The van der Waals surface area contributed by atoms with Gasteiger partial charge in [-0.3, -0.25) is 0 Å². The van der Waals surface area contributed by atoms with Crippen molar-refractivity contribution in [1.82, 2.24) is 5.48 Å². The molecule has 0 aromatic heterocycles. The summed E-state index contributed by atoms with van der Waals surface area (Å²) in [6, 6.07) is 0. The van der Waals surface area contributed by atoms with Gasteiger partial charge in [-0.05, 0) is 11.8 Å². The first-order chi connectivity index (χ1) is 2.91. The van der Waals surface area contributed by atoms with E-state index >= 15 is 0 Å². The van der Waals surface area contributed by atoms with Crippen LogP contribution >= 0.6 is 12.2 Å². The Morgan fingerprint density at radius 1 is 1.83 bits per heavy atom. The molecule has 0 radical (unpaired) electrons. The van der Waals surface area contributed by atoms with Crippen molar-refractivity contribution in [2.45, 2.75) is 6.42 Å². The molecule has 3 heteroatoms. The smallest absolute Gasteiger partial charge is 0.0250 e. The van der Waals surface area contributed by atoms with E-state index in [9.17, 15) is 0 Å². The molecule has 0 unspecified atom stereocenters. The average Bonchev–Trinajstić information content (AvgIpc) is 1.61. The zero-order valence-corrected chi connectivity index (χ0v) is 4.16. The predicted molar refractivity (Wildman–Crippen MR) is 28.1 cm³/mol. The second-order valence-electron chi connectivity index (χ2n) is 0.863. The molecule has 0 aliphatic rings. The summed E-state index contributed by atoms with van der Waals surface area (Å²) in [5.74, 6) is 0. The number of rotatable bonds is 3. The van der Waals surface area contributed by atoms with Gasteiger partial charge in [-0.2, -0.15) is 0 Å². The zero-order valence-electron chi connectivity index (χ0n) is 3.35. The van der Waals surface area contributed by atoms with E-state index in [1.54, 1.807) is 5.37 Å². The largest absolute Gasteiger partial charge is 0.317 e. The van der Waals surface area contributed by atoms with Gasteiger partial charge in [-0.15, -0.1) is 0 Å². The van der Waals surface area contributed by atoms with Crippen LogP contribution in [0.2, 0.25) is 0 Å². The van der Waals surface area contributed by atoms with Crippen LogP contribution in [-0.4, -0.2) is 17.1 Å². The summed E-state index contributed by atoms with van der Waals surface area (Å²) in [5.41, 5.74) is 1.97. The van der Waals surface area contributed by atoms with E-state index in [1.165, 1.54) is 0 Å². The number of hydrogen-bond acceptors (Lipinski definition) is 3. The van der Waals surface area contributed by atoms with Crippen molar-refractivity contribution in [3.8, 4) is 0 Å². The van der Waals surface area contributed by atoms with Crippen molar-refractivity contribution in [3.05, 3.63) is 0 Å². The Hall–Kier alpha value is 0.01000. The van der Waals surface area contributed by atoms with Gasteiger partial charge in [0.1, 0.15) is 0 Å². The average molecular weight is 105 g/mol. The van der Waals surface area contributed by atoms with Crippen LogP contribution < -0.4 is 5.48 Å². The Balaban J connectivity index is 2.49. The summed E-state index contributed by atoms with van der Waals surface area (Å²) in [5, 5.41) is 9.45. The van der Waals surface area contributed by atoms with Crippen molar-refractivity contribution in [2.75, 3.05) is 6.54 Å². The first-order valence-electron chi connectivity index (χ1n) is 1.72. The molecule has 0 saturated heterocycles. The van der Waals surface area contributed by atoms with Gasteiger partial charge in [-0.1, -0.05) is 12.2 Å². The van der Waals surface area contributed by atoms with Crippen molar-refractivity contribution < 1.29 is 5.21 Å². The molecule has 6 heavy (non-hydrogen) atoms. The Morgan fingerprint density at radius 3 is 2.67 bits per heavy atom. The highest BCUT2D eigenvalue weighted by Crippen LogP contribution is 1.64. The van der Waals surface area contributed by atoms with Crippen molar-refractivity contribution in [2.24, 2.45) is 0 Å². The van der Waals surface area contributed by atoms with Crippen LogP contribution in [0.3, 0.4) is 0 Å². The molecular weight excluding hydrogens is 98.1 g/mol. The standard InChI is InChI=1S/C3H7NOS/c5-4-2-1-3-6/h3-5H,1-2H2. The molecule has 36 valence electrons. The highest BCUT2D eigenvalue weighted by molar-refractivity contribution is 7.78. The van der Waals surface area contributed by atoms with E-state index in [0.717, 1.165) is 6.42 Å². The fourth-order valence-electron chi connectivity index (χ4n) is 0.123. The lowest BCUT2D eigenvalue weighted by molar-refractivity contribution is 0.170. The van der Waals surface area contributed by atoms with Gasteiger partial charge in [0, 0.05) is 6.54 Å². The molecule has 0 aromatic carbocycles. The van der Waals surface area contributed by atoms with Crippen LogP contribution in [0.15, 0.2) is 0 Å². The molecule has 0 spiro atoms. The molecule has 0 fully saturated rings. The SMILES string of the molecule is ONCCC=S. The van der Waals surface area contributed by atoms with Crippen LogP contribution in [0, 0.1) is 0 Å². The summed E-state index contributed by atoms with van der Waals surface area (Å²) in [4.78, 5) is 0. The van der Waals surface area contributed by atoms with Gasteiger partial charge < -0.3 is 5.21 Å². The van der Waals surface area contributed by atoms with E-state index in [-0.39, 0.29) is 0 Å². The van der Waals surface area contributed by atoms with E-state index in [4.69, 9.17) is 5.21 Å². The second-order valence-corrected chi connectivity index (χ2v) is 1.20. The highest BCUT2D eigenvalue weighted by Gasteiger charge is 1.71. The maximum absolute atomic E-state index is 7.88. The van der Waals surface area contributed by atoms with Gasteiger partial charge >= 0.3 is 0 Å². The molecule has 0 atom stereocenters. The molecule has 0 bridgehead atoms. The normalized spacial score (nSPS) is 8.17. The fraction of sp³-hybridized carbons (Fsp3) is 0.667. The van der Waals surface area contributed by atoms with Crippen molar-refractivity contribution in [1.29, 1.82) is 0 Å².